The fourth-order valence-electron chi connectivity index (χ4n) is 3.03. The Labute approximate surface area is 131 Å². The lowest BCUT2D eigenvalue weighted by molar-refractivity contribution is 0.0920. The van der Waals surface area contributed by atoms with E-state index in [4.69, 9.17) is 0 Å². The molecule has 2 rings (SSSR count). The SMILES string of the molecule is CC(=O)c1c(C)[nH]c(C(=O)NC2CCNC(C)C2)c1C.Cl. The first kappa shape index (κ1) is 17.7. The number of halogens is 1. The van der Waals surface area contributed by atoms with Gasteiger partial charge in [0.05, 0.1) is 0 Å². The molecule has 0 aromatic carbocycles. The fourth-order valence-corrected chi connectivity index (χ4v) is 3.03. The number of carbonyl (C=O) groups is 2. The molecule has 1 amide bonds. The second kappa shape index (κ2) is 7.09. The van der Waals surface area contributed by atoms with E-state index >= 15 is 0 Å². The van der Waals surface area contributed by atoms with Crippen molar-refractivity contribution in [1.29, 1.82) is 0 Å². The summed E-state index contributed by atoms with van der Waals surface area (Å²) in [6.07, 6.45) is 1.87. The minimum absolute atomic E-state index is 0. The number of aromatic amines is 1. The van der Waals surface area contributed by atoms with E-state index in [1.807, 2.05) is 13.8 Å². The van der Waals surface area contributed by atoms with Crippen LogP contribution < -0.4 is 10.6 Å². The van der Waals surface area contributed by atoms with Crippen molar-refractivity contribution in [2.75, 3.05) is 6.54 Å². The van der Waals surface area contributed by atoms with E-state index in [1.54, 1.807) is 0 Å². The van der Waals surface area contributed by atoms with Crippen molar-refractivity contribution >= 4 is 24.1 Å². The van der Waals surface area contributed by atoms with Gasteiger partial charge < -0.3 is 15.6 Å². The lowest BCUT2D eigenvalue weighted by Gasteiger charge is -2.28. The molecule has 0 bridgehead atoms. The van der Waals surface area contributed by atoms with Crippen molar-refractivity contribution in [2.24, 2.45) is 0 Å². The van der Waals surface area contributed by atoms with Crippen LogP contribution in [0.4, 0.5) is 0 Å². The topological polar surface area (TPSA) is 74.0 Å². The third-order valence-corrected chi connectivity index (χ3v) is 3.98. The summed E-state index contributed by atoms with van der Waals surface area (Å²) < 4.78 is 0. The van der Waals surface area contributed by atoms with Crippen LogP contribution in [0.3, 0.4) is 0 Å². The van der Waals surface area contributed by atoms with Crippen LogP contribution in [-0.4, -0.2) is 35.3 Å². The Hall–Kier alpha value is -1.33. The molecule has 1 aliphatic rings. The Balaban J connectivity index is 0.00000220. The number of aromatic nitrogens is 1. The summed E-state index contributed by atoms with van der Waals surface area (Å²) >= 11 is 0. The second-order valence-electron chi connectivity index (χ2n) is 5.73. The molecule has 0 saturated carbocycles. The Morgan fingerprint density at radius 1 is 1.29 bits per heavy atom. The van der Waals surface area contributed by atoms with Gasteiger partial charge in [-0.25, -0.2) is 0 Å². The molecule has 1 aromatic heterocycles. The molecule has 1 aromatic rings. The van der Waals surface area contributed by atoms with Gasteiger partial charge in [-0.15, -0.1) is 12.4 Å². The van der Waals surface area contributed by atoms with Crippen LogP contribution in [0.5, 0.6) is 0 Å². The summed E-state index contributed by atoms with van der Waals surface area (Å²) in [5, 5.41) is 6.43. The number of hydrogen-bond acceptors (Lipinski definition) is 3. The Kier molecular flexibility index (Phi) is 5.98. The number of carbonyl (C=O) groups excluding carboxylic acids is 2. The number of Topliss-reactive ketones (excluding diaryl/α,β-unsaturated/α-hetero) is 1. The highest BCUT2D eigenvalue weighted by molar-refractivity contribution is 6.02. The van der Waals surface area contributed by atoms with Gasteiger partial charge in [-0.05, 0) is 52.6 Å². The zero-order chi connectivity index (χ0) is 14.9. The highest BCUT2D eigenvalue weighted by atomic mass is 35.5. The van der Waals surface area contributed by atoms with Crippen LogP contribution in [-0.2, 0) is 0 Å². The molecular weight excluding hydrogens is 290 g/mol. The highest BCUT2D eigenvalue weighted by Gasteiger charge is 2.24. The van der Waals surface area contributed by atoms with E-state index in [2.05, 4.69) is 22.5 Å². The molecule has 0 spiro atoms. The molecule has 5 nitrogen and oxygen atoms in total. The zero-order valence-electron chi connectivity index (χ0n) is 13.0. The Bertz CT molecular complexity index is 539. The molecule has 2 heterocycles. The maximum atomic E-state index is 12.4. The number of hydrogen-bond donors (Lipinski definition) is 3. The van der Waals surface area contributed by atoms with Gasteiger partial charge in [0.25, 0.3) is 5.91 Å². The largest absolute Gasteiger partial charge is 0.354 e. The molecule has 118 valence electrons. The molecule has 3 N–H and O–H groups in total. The van der Waals surface area contributed by atoms with E-state index in [0.29, 0.717) is 17.3 Å². The van der Waals surface area contributed by atoms with Crippen LogP contribution in [0.2, 0.25) is 0 Å². The van der Waals surface area contributed by atoms with E-state index in [1.165, 1.54) is 6.92 Å². The van der Waals surface area contributed by atoms with E-state index < -0.39 is 0 Å². The van der Waals surface area contributed by atoms with Crippen molar-refractivity contribution in [3.63, 3.8) is 0 Å². The zero-order valence-corrected chi connectivity index (χ0v) is 13.8. The van der Waals surface area contributed by atoms with Crippen molar-refractivity contribution in [3.8, 4) is 0 Å². The second-order valence-corrected chi connectivity index (χ2v) is 5.73. The summed E-state index contributed by atoms with van der Waals surface area (Å²) in [4.78, 5) is 27.0. The maximum absolute atomic E-state index is 12.4. The van der Waals surface area contributed by atoms with Crippen molar-refractivity contribution in [3.05, 3.63) is 22.5 Å². The summed E-state index contributed by atoms with van der Waals surface area (Å²) in [5.74, 6) is -0.122. The molecule has 0 aliphatic carbocycles. The summed E-state index contributed by atoms with van der Waals surface area (Å²) in [7, 11) is 0. The van der Waals surface area contributed by atoms with Gasteiger partial charge in [-0.1, -0.05) is 0 Å². The molecular formula is C15H24ClN3O2. The van der Waals surface area contributed by atoms with E-state index in [9.17, 15) is 9.59 Å². The summed E-state index contributed by atoms with van der Waals surface area (Å²) in [6, 6.07) is 0.621. The first-order valence-electron chi connectivity index (χ1n) is 7.14. The van der Waals surface area contributed by atoms with E-state index in [-0.39, 0.29) is 30.1 Å². The van der Waals surface area contributed by atoms with Crippen LogP contribution >= 0.6 is 12.4 Å². The van der Waals surface area contributed by atoms with Gasteiger partial charge in [0.2, 0.25) is 0 Å². The molecule has 6 heteroatoms. The molecule has 1 aliphatic heterocycles. The highest BCUT2D eigenvalue weighted by Crippen LogP contribution is 2.19. The predicted octanol–water partition coefficient (Wildman–Crippen LogP) is 2.13. The molecule has 0 radical (unpaired) electrons. The van der Waals surface area contributed by atoms with Crippen molar-refractivity contribution in [2.45, 2.75) is 52.6 Å². The monoisotopic (exact) mass is 313 g/mol. The molecule has 2 atom stereocenters. The lowest BCUT2D eigenvalue weighted by Crippen LogP contribution is -2.46. The average Bonchev–Trinajstić information content (AvgIpc) is 2.64. The van der Waals surface area contributed by atoms with Gasteiger partial charge >= 0.3 is 0 Å². The fraction of sp³-hybridized carbons (Fsp3) is 0.600. The minimum atomic E-state index is -0.114. The van der Waals surface area contributed by atoms with Crippen LogP contribution in [0.25, 0.3) is 0 Å². The van der Waals surface area contributed by atoms with Crippen LogP contribution in [0.1, 0.15) is 58.8 Å². The first-order valence-corrected chi connectivity index (χ1v) is 7.14. The molecule has 1 saturated heterocycles. The smallest absolute Gasteiger partial charge is 0.268 e. The number of rotatable bonds is 3. The average molecular weight is 314 g/mol. The van der Waals surface area contributed by atoms with Gasteiger partial charge in [-0.2, -0.15) is 0 Å². The van der Waals surface area contributed by atoms with Gasteiger partial charge in [0.15, 0.2) is 5.78 Å². The maximum Gasteiger partial charge on any atom is 0.268 e. The third kappa shape index (κ3) is 3.86. The number of piperidine rings is 1. The quantitative estimate of drug-likeness (QED) is 0.748. The lowest BCUT2D eigenvalue weighted by atomic mass is 10.00. The van der Waals surface area contributed by atoms with Crippen LogP contribution in [0, 0.1) is 13.8 Å². The summed E-state index contributed by atoms with van der Waals surface area (Å²) in [5.41, 5.74) is 2.65. The molecule has 1 fully saturated rings. The van der Waals surface area contributed by atoms with Gasteiger partial charge in [0, 0.05) is 23.3 Å². The first-order chi connectivity index (χ1) is 9.40. The number of H-pyrrole nitrogens is 1. The number of amides is 1. The minimum Gasteiger partial charge on any atom is -0.354 e. The standard InChI is InChI=1S/C15H23N3O2.ClH/c1-8-7-12(5-6-16-8)18-15(20)14-9(2)13(11(4)19)10(3)17-14;/h8,12,16-17H,5-7H2,1-4H3,(H,18,20);1H. The Morgan fingerprint density at radius 3 is 2.48 bits per heavy atom. The van der Waals surface area contributed by atoms with Crippen LogP contribution in [0.15, 0.2) is 0 Å². The van der Waals surface area contributed by atoms with Crippen molar-refractivity contribution in [1.82, 2.24) is 15.6 Å². The van der Waals surface area contributed by atoms with Crippen molar-refractivity contribution < 1.29 is 9.59 Å². The Morgan fingerprint density at radius 2 is 1.95 bits per heavy atom. The molecule has 21 heavy (non-hydrogen) atoms. The normalized spacial score (nSPS) is 21.5. The number of aryl methyl sites for hydroxylation is 1. The summed E-state index contributed by atoms with van der Waals surface area (Å²) in [6.45, 7) is 8.22. The number of ketones is 1. The predicted molar refractivity (Wildman–Crippen MR) is 85.5 cm³/mol. The van der Waals surface area contributed by atoms with Gasteiger partial charge in [-0.3, -0.25) is 9.59 Å². The third-order valence-electron chi connectivity index (χ3n) is 3.98. The van der Waals surface area contributed by atoms with E-state index in [0.717, 1.165) is 30.6 Å². The molecule has 2 unspecified atom stereocenters. The number of nitrogens with one attached hydrogen (secondary N) is 3. The van der Waals surface area contributed by atoms with Gasteiger partial charge in [0.1, 0.15) is 5.69 Å².